The molecule has 0 N–H and O–H groups in total. The Kier molecular flexibility index (Phi) is 3.90. The summed E-state index contributed by atoms with van der Waals surface area (Å²) in [5.41, 5.74) is 3.11. The molecule has 0 atom stereocenters. The summed E-state index contributed by atoms with van der Waals surface area (Å²) in [6, 6.07) is 20.0. The molecule has 0 radical (unpaired) electrons. The first kappa shape index (κ1) is 13.4. The first-order valence-corrected chi connectivity index (χ1v) is 7.43. The molecule has 100 valence electrons. The van der Waals surface area contributed by atoms with Crippen LogP contribution in [0.3, 0.4) is 0 Å². The minimum atomic E-state index is 0.639. The van der Waals surface area contributed by atoms with Crippen molar-refractivity contribution in [3.05, 3.63) is 75.9 Å². The number of rotatable bonds is 3. The Morgan fingerprint density at radius 1 is 1.00 bits per heavy atom. The van der Waals surface area contributed by atoms with E-state index in [4.69, 9.17) is 11.6 Å². The second-order valence-electron chi connectivity index (χ2n) is 4.47. The Morgan fingerprint density at radius 2 is 1.70 bits per heavy atom. The lowest BCUT2D eigenvalue weighted by molar-refractivity contribution is 0.688. The van der Waals surface area contributed by atoms with Gasteiger partial charge in [0, 0.05) is 16.1 Å². The van der Waals surface area contributed by atoms with Crippen LogP contribution in [0.15, 0.2) is 65.1 Å². The van der Waals surface area contributed by atoms with E-state index in [0.717, 1.165) is 21.3 Å². The van der Waals surface area contributed by atoms with Crippen LogP contribution in [0.1, 0.15) is 5.56 Å². The van der Waals surface area contributed by atoms with Crippen LogP contribution in [0, 0.1) is 0 Å². The van der Waals surface area contributed by atoms with Crippen LogP contribution >= 0.6 is 27.5 Å². The van der Waals surface area contributed by atoms with E-state index in [-0.39, 0.29) is 0 Å². The Balaban J connectivity index is 1.92. The van der Waals surface area contributed by atoms with Gasteiger partial charge in [0.15, 0.2) is 0 Å². The summed E-state index contributed by atoms with van der Waals surface area (Å²) in [5, 5.41) is 5.22. The van der Waals surface area contributed by atoms with E-state index in [1.54, 1.807) is 0 Å². The minimum absolute atomic E-state index is 0.639. The number of hydrogen-bond donors (Lipinski definition) is 0. The lowest BCUT2D eigenvalue weighted by Gasteiger charge is -2.05. The van der Waals surface area contributed by atoms with Crippen LogP contribution in [-0.4, -0.2) is 9.78 Å². The number of halogens is 2. The Labute approximate surface area is 131 Å². The molecule has 2 nitrogen and oxygen atoms in total. The fourth-order valence-corrected chi connectivity index (χ4v) is 2.65. The summed E-state index contributed by atoms with van der Waals surface area (Å²) in [4.78, 5) is 0. The highest BCUT2D eigenvalue weighted by molar-refractivity contribution is 9.10. The van der Waals surface area contributed by atoms with E-state index in [9.17, 15) is 0 Å². The first-order chi connectivity index (χ1) is 9.74. The van der Waals surface area contributed by atoms with Crippen molar-refractivity contribution in [3.8, 4) is 11.3 Å². The molecule has 0 unspecified atom stereocenters. The fourth-order valence-electron chi connectivity index (χ4n) is 2.04. The van der Waals surface area contributed by atoms with E-state index >= 15 is 0 Å². The maximum absolute atomic E-state index is 6.28. The van der Waals surface area contributed by atoms with Gasteiger partial charge in [0.25, 0.3) is 0 Å². The van der Waals surface area contributed by atoms with E-state index in [1.165, 1.54) is 0 Å². The van der Waals surface area contributed by atoms with Crippen molar-refractivity contribution in [2.75, 3.05) is 0 Å². The van der Waals surface area contributed by atoms with Gasteiger partial charge in [0.2, 0.25) is 0 Å². The molecule has 0 saturated carbocycles. The van der Waals surface area contributed by atoms with Gasteiger partial charge >= 0.3 is 0 Å². The first-order valence-electron chi connectivity index (χ1n) is 6.26. The maximum atomic E-state index is 6.28. The Hall–Kier alpha value is -1.58. The molecular weight excluding hydrogens is 336 g/mol. The van der Waals surface area contributed by atoms with E-state index in [2.05, 4.69) is 27.1 Å². The lowest BCUT2D eigenvalue weighted by Crippen LogP contribution is -2.02. The van der Waals surface area contributed by atoms with Gasteiger partial charge < -0.3 is 0 Å². The third kappa shape index (κ3) is 2.79. The maximum Gasteiger partial charge on any atom is 0.128 e. The molecule has 0 spiro atoms. The number of hydrogen-bond acceptors (Lipinski definition) is 1. The van der Waals surface area contributed by atoms with Gasteiger partial charge in [0.1, 0.15) is 5.15 Å². The van der Waals surface area contributed by atoms with Crippen molar-refractivity contribution in [3.63, 3.8) is 0 Å². The van der Waals surface area contributed by atoms with E-state index in [0.29, 0.717) is 11.7 Å². The monoisotopic (exact) mass is 346 g/mol. The molecule has 4 heteroatoms. The van der Waals surface area contributed by atoms with Gasteiger partial charge in [0.05, 0.1) is 12.2 Å². The molecule has 0 aliphatic heterocycles. The standard InChI is InChI=1S/C16H12BrClN2/c17-14-9-5-4-8-13(14)11-20-16(18)10-15(19-20)12-6-2-1-3-7-12/h1-10H,11H2. The van der Waals surface area contributed by atoms with Crippen molar-refractivity contribution >= 4 is 27.5 Å². The van der Waals surface area contributed by atoms with Crippen LogP contribution in [-0.2, 0) is 6.54 Å². The van der Waals surface area contributed by atoms with Crippen molar-refractivity contribution < 1.29 is 0 Å². The summed E-state index contributed by atoms with van der Waals surface area (Å²) in [7, 11) is 0. The zero-order valence-corrected chi connectivity index (χ0v) is 13.0. The van der Waals surface area contributed by atoms with Gasteiger partial charge in [-0.2, -0.15) is 5.10 Å². The van der Waals surface area contributed by atoms with Crippen LogP contribution in [0.2, 0.25) is 5.15 Å². The molecular formula is C16H12BrClN2. The molecule has 3 rings (SSSR count). The molecule has 3 aromatic rings. The normalized spacial score (nSPS) is 10.7. The van der Waals surface area contributed by atoms with Gasteiger partial charge in [-0.25, -0.2) is 4.68 Å². The molecule has 0 aliphatic rings. The minimum Gasteiger partial charge on any atom is -0.249 e. The highest BCUT2D eigenvalue weighted by Crippen LogP contribution is 2.24. The van der Waals surface area contributed by atoms with Gasteiger partial charge in [-0.3, -0.25) is 0 Å². The molecule has 2 aromatic carbocycles. The molecule has 0 fully saturated rings. The van der Waals surface area contributed by atoms with Crippen LogP contribution in [0.25, 0.3) is 11.3 Å². The second kappa shape index (κ2) is 5.81. The van der Waals surface area contributed by atoms with Crippen molar-refractivity contribution in [1.29, 1.82) is 0 Å². The summed E-state index contributed by atoms with van der Waals surface area (Å²) >= 11 is 9.83. The third-order valence-electron chi connectivity index (χ3n) is 3.08. The lowest BCUT2D eigenvalue weighted by atomic mass is 10.2. The Bertz CT molecular complexity index is 722. The van der Waals surface area contributed by atoms with Crippen LogP contribution < -0.4 is 0 Å². The predicted octanol–water partition coefficient (Wildman–Crippen LogP) is 5.01. The highest BCUT2D eigenvalue weighted by atomic mass is 79.9. The van der Waals surface area contributed by atoms with E-state index in [1.807, 2.05) is 59.3 Å². The molecule has 0 saturated heterocycles. The number of benzene rings is 2. The molecule has 20 heavy (non-hydrogen) atoms. The summed E-state index contributed by atoms with van der Waals surface area (Å²) < 4.78 is 2.87. The summed E-state index contributed by atoms with van der Waals surface area (Å²) in [6.45, 7) is 0.646. The topological polar surface area (TPSA) is 17.8 Å². The smallest absolute Gasteiger partial charge is 0.128 e. The highest BCUT2D eigenvalue weighted by Gasteiger charge is 2.09. The zero-order chi connectivity index (χ0) is 13.9. The molecule has 1 aromatic heterocycles. The van der Waals surface area contributed by atoms with Crippen molar-refractivity contribution in [2.24, 2.45) is 0 Å². The zero-order valence-electron chi connectivity index (χ0n) is 10.6. The molecule has 0 bridgehead atoms. The van der Waals surface area contributed by atoms with Gasteiger partial charge in [-0.05, 0) is 11.6 Å². The summed E-state index contributed by atoms with van der Waals surface area (Å²) in [6.07, 6.45) is 0. The summed E-state index contributed by atoms with van der Waals surface area (Å²) in [5.74, 6) is 0. The molecule has 0 amide bonds. The predicted molar refractivity (Wildman–Crippen MR) is 85.9 cm³/mol. The molecule has 0 aliphatic carbocycles. The largest absolute Gasteiger partial charge is 0.249 e. The van der Waals surface area contributed by atoms with E-state index < -0.39 is 0 Å². The van der Waals surface area contributed by atoms with Crippen LogP contribution in [0.4, 0.5) is 0 Å². The Morgan fingerprint density at radius 3 is 2.45 bits per heavy atom. The van der Waals surface area contributed by atoms with Gasteiger partial charge in [-0.1, -0.05) is 76.1 Å². The number of aromatic nitrogens is 2. The fraction of sp³-hybridized carbons (Fsp3) is 0.0625. The quantitative estimate of drug-likeness (QED) is 0.651. The van der Waals surface area contributed by atoms with Crippen molar-refractivity contribution in [1.82, 2.24) is 9.78 Å². The molecule has 1 heterocycles. The third-order valence-corrected chi connectivity index (χ3v) is 4.16. The average Bonchev–Trinajstić information content (AvgIpc) is 2.84. The SMILES string of the molecule is Clc1cc(-c2ccccc2)nn1Cc1ccccc1Br. The van der Waals surface area contributed by atoms with Gasteiger partial charge in [-0.15, -0.1) is 0 Å². The number of nitrogens with zero attached hydrogens (tertiary/aromatic N) is 2. The van der Waals surface area contributed by atoms with Crippen molar-refractivity contribution in [2.45, 2.75) is 6.54 Å². The average molecular weight is 348 g/mol. The van der Waals surface area contributed by atoms with Crippen LogP contribution in [0.5, 0.6) is 0 Å². The second-order valence-corrected chi connectivity index (χ2v) is 5.71.